The quantitative estimate of drug-likeness (QED) is 0.631. The van der Waals surface area contributed by atoms with Gasteiger partial charge in [-0.1, -0.05) is 55.5 Å². The number of allylic oxidation sites excluding steroid dienone is 2. The Bertz CT molecular complexity index is 486. The van der Waals surface area contributed by atoms with Crippen LogP contribution in [0.3, 0.4) is 0 Å². The summed E-state index contributed by atoms with van der Waals surface area (Å²) in [5.41, 5.74) is 14.0. The molecule has 0 amide bonds. The molecule has 1 aliphatic rings. The van der Waals surface area contributed by atoms with Crippen molar-refractivity contribution in [3.05, 3.63) is 59.7 Å². The summed E-state index contributed by atoms with van der Waals surface area (Å²) >= 11 is 0. The average Bonchev–Trinajstić information content (AvgIpc) is 2.39. The van der Waals surface area contributed by atoms with Gasteiger partial charge in [0.05, 0.1) is 0 Å². The Morgan fingerprint density at radius 1 is 1.33 bits per heavy atom. The second kappa shape index (κ2) is 5.65. The molecule has 4 N–H and O–H groups in total. The molecule has 1 aromatic carbocycles. The SMILES string of the molecule is CC1C=C(C(N)=NC(N)c2ccccc2)C=CC1. The highest BCUT2D eigenvalue weighted by Gasteiger charge is 2.09. The molecule has 2 unspecified atom stereocenters. The van der Waals surface area contributed by atoms with E-state index in [1.165, 1.54) is 0 Å². The van der Waals surface area contributed by atoms with Gasteiger partial charge in [0.25, 0.3) is 0 Å². The molecular formula is C15H19N3. The lowest BCUT2D eigenvalue weighted by atomic mass is 9.97. The van der Waals surface area contributed by atoms with Gasteiger partial charge in [0, 0.05) is 5.57 Å². The van der Waals surface area contributed by atoms with Crippen LogP contribution < -0.4 is 11.5 Å². The van der Waals surface area contributed by atoms with Crippen molar-refractivity contribution in [2.45, 2.75) is 19.5 Å². The summed E-state index contributed by atoms with van der Waals surface area (Å²) in [6, 6.07) is 9.76. The van der Waals surface area contributed by atoms with Crippen LogP contribution >= 0.6 is 0 Å². The Morgan fingerprint density at radius 2 is 2.06 bits per heavy atom. The van der Waals surface area contributed by atoms with E-state index in [1.54, 1.807) is 0 Å². The van der Waals surface area contributed by atoms with Crippen LogP contribution in [0.15, 0.2) is 59.1 Å². The van der Waals surface area contributed by atoms with E-state index < -0.39 is 6.17 Å². The van der Waals surface area contributed by atoms with Gasteiger partial charge in [0.1, 0.15) is 12.0 Å². The van der Waals surface area contributed by atoms with E-state index in [1.807, 2.05) is 36.4 Å². The van der Waals surface area contributed by atoms with E-state index >= 15 is 0 Å². The summed E-state index contributed by atoms with van der Waals surface area (Å²) in [5.74, 6) is 1.01. The summed E-state index contributed by atoms with van der Waals surface area (Å²) in [6.07, 6.45) is 6.92. The van der Waals surface area contributed by atoms with Crippen molar-refractivity contribution < 1.29 is 0 Å². The third-order valence-electron chi connectivity index (χ3n) is 2.98. The van der Waals surface area contributed by atoms with E-state index in [4.69, 9.17) is 11.5 Å². The topological polar surface area (TPSA) is 64.4 Å². The van der Waals surface area contributed by atoms with Crippen molar-refractivity contribution in [2.24, 2.45) is 22.4 Å². The number of amidine groups is 1. The molecular weight excluding hydrogens is 222 g/mol. The predicted octanol–water partition coefficient (Wildman–Crippen LogP) is 2.52. The fraction of sp³-hybridized carbons (Fsp3) is 0.267. The maximum absolute atomic E-state index is 6.02. The molecule has 0 saturated heterocycles. The fourth-order valence-corrected chi connectivity index (χ4v) is 1.96. The standard InChI is InChI=1S/C15H19N3/c1-11-6-5-9-13(10-11)15(17)18-14(16)12-7-3-2-4-8-12/h2-5,7-11,14H,6,16H2,1H3,(H2,17,18). The third kappa shape index (κ3) is 3.08. The highest BCUT2D eigenvalue weighted by Crippen LogP contribution is 2.17. The molecule has 0 aromatic heterocycles. The van der Waals surface area contributed by atoms with Gasteiger partial charge in [-0.2, -0.15) is 0 Å². The maximum Gasteiger partial charge on any atom is 0.127 e. The van der Waals surface area contributed by atoms with E-state index in [2.05, 4.69) is 24.1 Å². The number of rotatable bonds is 3. The molecule has 0 heterocycles. The monoisotopic (exact) mass is 241 g/mol. The van der Waals surface area contributed by atoms with Crippen molar-refractivity contribution in [2.75, 3.05) is 0 Å². The highest BCUT2D eigenvalue weighted by molar-refractivity contribution is 5.99. The molecule has 0 radical (unpaired) electrons. The highest BCUT2D eigenvalue weighted by atomic mass is 15.0. The van der Waals surface area contributed by atoms with Crippen molar-refractivity contribution >= 4 is 5.84 Å². The molecule has 0 fully saturated rings. The van der Waals surface area contributed by atoms with Crippen LogP contribution in [0, 0.1) is 5.92 Å². The molecule has 94 valence electrons. The van der Waals surface area contributed by atoms with Gasteiger partial charge in [-0.05, 0) is 17.9 Å². The number of nitrogens with two attached hydrogens (primary N) is 2. The van der Waals surface area contributed by atoms with Gasteiger partial charge in [-0.25, -0.2) is 4.99 Å². The van der Waals surface area contributed by atoms with Crippen LogP contribution in [0.2, 0.25) is 0 Å². The molecule has 0 spiro atoms. The summed E-state index contributed by atoms with van der Waals surface area (Å²) in [6.45, 7) is 2.16. The van der Waals surface area contributed by atoms with E-state index in [0.29, 0.717) is 11.8 Å². The van der Waals surface area contributed by atoms with E-state index in [0.717, 1.165) is 17.6 Å². The van der Waals surface area contributed by atoms with Crippen molar-refractivity contribution in [3.63, 3.8) is 0 Å². The Morgan fingerprint density at radius 3 is 2.72 bits per heavy atom. The van der Waals surface area contributed by atoms with Crippen molar-refractivity contribution in [3.8, 4) is 0 Å². The largest absolute Gasteiger partial charge is 0.383 e. The minimum Gasteiger partial charge on any atom is -0.383 e. The molecule has 2 rings (SSSR count). The lowest BCUT2D eigenvalue weighted by Gasteiger charge is -2.13. The first-order valence-corrected chi connectivity index (χ1v) is 6.19. The molecule has 0 saturated carbocycles. The van der Waals surface area contributed by atoms with Crippen LogP contribution in [0.25, 0.3) is 0 Å². The second-order valence-electron chi connectivity index (χ2n) is 4.61. The number of hydrogen-bond donors (Lipinski definition) is 2. The minimum absolute atomic E-state index is 0.405. The second-order valence-corrected chi connectivity index (χ2v) is 4.61. The molecule has 0 aliphatic heterocycles. The summed E-state index contributed by atoms with van der Waals surface area (Å²) in [7, 11) is 0. The third-order valence-corrected chi connectivity index (χ3v) is 2.98. The Labute approximate surface area is 108 Å². The Balaban J connectivity index is 2.16. The average molecular weight is 241 g/mol. The van der Waals surface area contributed by atoms with E-state index in [9.17, 15) is 0 Å². The van der Waals surface area contributed by atoms with Gasteiger partial charge in [0.15, 0.2) is 0 Å². The minimum atomic E-state index is -0.405. The lowest BCUT2D eigenvalue weighted by Crippen LogP contribution is -2.20. The van der Waals surface area contributed by atoms with Crippen LogP contribution in [0.1, 0.15) is 25.1 Å². The molecule has 1 aromatic rings. The van der Waals surface area contributed by atoms with E-state index in [-0.39, 0.29) is 0 Å². The van der Waals surface area contributed by atoms with Gasteiger partial charge >= 0.3 is 0 Å². The summed E-state index contributed by atoms with van der Waals surface area (Å²) < 4.78 is 0. The van der Waals surface area contributed by atoms with Crippen molar-refractivity contribution in [1.29, 1.82) is 0 Å². The molecule has 2 atom stereocenters. The molecule has 0 bridgehead atoms. The van der Waals surface area contributed by atoms with Gasteiger partial charge in [-0.3, -0.25) is 0 Å². The molecule has 18 heavy (non-hydrogen) atoms. The lowest BCUT2D eigenvalue weighted by molar-refractivity contribution is 0.731. The number of benzene rings is 1. The number of hydrogen-bond acceptors (Lipinski definition) is 2. The first kappa shape index (κ1) is 12.6. The normalized spacial score (nSPS) is 21.6. The Hall–Kier alpha value is -1.87. The van der Waals surface area contributed by atoms with Crippen LogP contribution in [0.4, 0.5) is 0 Å². The number of aliphatic imine (C=N–C) groups is 1. The first-order valence-electron chi connectivity index (χ1n) is 6.19. The zero-order chi connectivity index (χ0) is 13.0. The predicted molar refractivity (Wildman–Crippen MR) is 76.0 cm³/mol. The smallest absolute Gasteiger partial charge is 0.127 e. The maximum atomic E-state index is 6.02. The zero-order valence-electron chi connectivity index (χ0n) is 10.6. The van der Waals surface area contributed by atoms with Crippen molar-refractivity contribution in [1.82, 2.24) is 0 Å². The number of nitrogens with zero attached hydrogens (tertiary/aromatic N) is 1. The summed E-state index contributed by atoms with van der Waals surface area (Å²) in [5, 5.41) is 0. The molecule has 1 aliphatic carbocycles. The van der Waals surface area contributed by atoms with Crippen LogP contribution in [0.5, 0.6) is 0 Å². The van der Waals surface area contributed by atoms with Gasteiger partial charge in [0.2, 0.25) is 0 Å². The molecule has 3 nitrogen and oxygen atoms in total. The van der Waals surface area contributed by atoms with Gasteiger partial charge in [-0.15, -0.1) is 0 Å². The van der Waals surface area contributed by atoms with Gasteiger partial charge < -0.3 is 11.5 Å². The van der Waals surface area contributed by atoms with Crippen LogP contribution in [-0.2, 0) is 0 Å². The first-order chi connectivity index (χ1) is 8.66. The van der Waals surface area contributed by atoms with Crippen LogP contribution in [-0.4, -0.2) is 5.84 Å². The molecule has 3 heteroatoms. The fourth-order valence-electron chi connectivity index (χ4n) is 1.96. The zero-order valence-corrected chi connectivity index (χ0v) is 10.6. The summed E-state index contributed by atoms with van der Waals surface area (Å²) in [4.78, 5) is 4.36. The Kier molecular flexibility index (Phi) is 3.95.